The smallest absolute Gasteiger partial charge is 0.277 e. The van der Waals surface area contributed by atoms with Crippen molar-refractivity contribution in [1.29, 1.82) is 0 Å². The van der Waals surface area contributed by atoms with E-state index in [1.54, 1.807) is 13.2 Å². The van der Waals surface area contributed by atoms with Gasteiger partial charge in [-0.05, 0) is 42.5 Å². The molecule has 0 aliphatic carbocycles. The Balaban J connectivity index is 1.12. The minimum Gasteiger partial charge on any atom is -0.497 e. The number of carbonyl (C=O) groups excluding carboxylic acids is 1. The maximum Gasteiger partial charge on any atom is 0.277 e. The molecule has 3 aromatic rings. The first-order valence-electron chi connectivity index (χ1n) is 10.2. The first-order valence-corrected chi connectivity index (χ1v) is 11.2. The summed E-state index contributed by atoms with van der Waals surface area (Å²) < 4.78 is 21.6. The van der Waals surface area contributed by atoms with Gasteiger partial charge >= 0.3 is 0 Å². The molecule has 5 rings (SSSR count). The van der Waals surface area contributed by atoms with E-state index in [9.17, 15) is 4.79 Å². The quantitative estimate of drug-likeness (QED) is 0.522. The number of ether oxygens (including phenoxy) is 3. The Morgan fingerprint density at radius 2 is 1.81 bits per heavy atom. The third-order valence-corrected chi connectivity index (χ3v) is 6.22. The van der Waals surface area contributed by atoms with Crippen LogP contribution in [0.25, 0.3) is 11.5 Å². The zero-order valence-electron chi connectivity index (χ0n) is 17.5. The largest absolute Gasteiger partial charge is 0.497 e. The number of hydrogen-bond acceptors (Lipinski definition) is 9. The van der Waals surface area contributed by atoms with Gasteiger partial charge in [0.25, 0.3) is 5.22 Å². The van der Waals surface area contributed by atoms with Gasteiger partial charge in [-0.3, -0.25) is 4.79 Å². The monoisotopic (exact) mass is 454 g/mol. The molecule has 9 nitrogen and oxygen atoms in total. The standard InChI is InChI=1S/C22H22N4O5S/c1-28-17-5-3-16(4-6-17)25-8-10-26(11-9-25)20(27)13-32-22-24-23-21(31-22)15-2-7-18-19(12-15)30-14-29-18/h2-7,12H,8-11,13-14H2,1H3. The molecule has 1 saturated heterocycles. The molecule has 0 saturated carbocycles. The maximum absolute atomic E-state index is 12.7. The number of piperazine rings is 1. The molecule has 0 unspecified atom stereocenters. The van der Waals surface area contributed by atoms with Crippen molar-refractivity contribution in [2.45, 2.75) is 5.22 Å². The number of amides is 1. The molecule has 2 aromatic carbocycles. The summed E-state index contributed by atoms with van der Waals surface area (Å²) in [6.45, 7) is 3.14. The highest BCUT2D eigenvalue weighted by Gasteiger charge is 2.22. The highest BCUT2D eigenvalue weighted by Crippen LogP contribution is 2.36. The van der Waals surface area contributed by atoms with Crippen LogP contribution in [0.3, 0.4) is 0 Å². The molecule has 1 aromatic heterocycles. The fourth-order valence-corrected chi connectivity index (χ4v) is 4.30. The van der Waals surface area contributed by atoms with Crippen LogP contribution < -0.4 is 19.1 Å². The van der Waals surface area contributed by atoms with E-state index < -0.39 is 0 Å². The summed E-state index contributed by atoms with van der Waals surface area (Å²) in [5.74, 6) is 2.88. The second-order valence-corrected chi connectivity index (χ2v) is 8.22. The van der Waals surface area contributed by atoms with Crippen LogP contribution >= 0.6 is 11.8 Å². The first-order chi connectivity index (χ1) is 15.7. The van der Waals surface area contributed by atoms with Gasteiger partial charge in [0.1, 0.15) is 5.75 Å². The van der Waals surface area contributed by atoms with Crippen LogP contribution in [0.1, 0.15) is 0 Å². The normalized spacial score (nSPS) is 15.2. The molecule has 32 heavy (non-hydrogen) atoms. The summed E-state index contributed by atoms with van der Waals surface area (Å²) in [6, 6.07) is 13.4. The Morgan fingerprint density at radius 1 is 1.03 bits per heavy atom. The van der Waals surface area contributed by atoms with Crippen LogP contribution in [0.5, 0.6) is 17.2 Å². The Kier molecular flexibility index (Phi) is 5.76. The summed E-state index contributed by atoms with van der Waals surface area (Å²) in [5.41, 5.74) is 1.88. The molecule has 10 heteroatoms. The van der Waals surface area contributed by atoms with Gasteiger partial charge in [-0.1, -0.05) is 11.8 Å². The third kappa shape index (κ3) is 4.31. The molecular formula is C22H22N4O5S. The van der Waals surface area contributed by atoms with Gasteiger partial charge in [-0.25, -0.2) is 0 Å². The van der Waals surface area contributed by atoms with E-state index in [0.717, 1.165) is 30.1 Å². The highest BCUT2D eigenvalue weighted by atomic mass is 32.2. The van der Waals surface area contributed by atoms with Crippen LogP contribution in [-0.2, 0) is 4.79 Å². The summed E-state index contributed by atoms with van der Waals surface area (Å²) in [4.78, 5) is 16.8. The predicted molar refractivity (Wildman–Crippen MR) is 118 cm³/mol. The van der Waals surface area contributed by atoms with Gasteiger partial charge in [0.05, 0.1) is 12.9 Å². The average Bonchev–Trinajstić information content (AvgIpc) is 3.52. The molecule has 0 spiro atoms. The van der Waals surface area contributed by atoms with Gasteiger partial charge < -0.3 is 28.4 Å². The Hall–Kier alpha value is -3.40. The molecule has 0 radical (unpaired) electrons. The lowest BCUT2D eigenvalue weighted by atomic mass is 10.2. The molecule has 1 amide bonds. The molecule has 2 aliphatic heterocycles. The number of aromatic nitrogens is 2. The fourth-order valence-electron chi connectivity index (χ4n) is 3.64. The molecule has 1 fully saturated rings. The number of hydrogen-bond donors (Lipinski definition) is 0. The van der Waals surface area contributed by atoms with E-state index >= 15 is 0 Å². The molecule has 166 valence electrons. The minimum absolute atomic E-state index is 0.0622. The van der Waals surface area contributed by atoms with Crippen molar-refractivity contribution in [3.8, 4) is 28.7 Å². The predicted octanol–water partition coefficient (Wildman–Crippen LogP) is 2.91. The topological polar surface area (TPSA) is 90.2 Å². The van der Waals surface area contributed by atoms with Gasteiger partial charge in [-0.2, -0.15) is 0 Å². The van der Waals surface area contributed by atoms with Crippen LogP contribution in [0.4, 0.5) is 5.69 Å². The lowest BCUT2D eigenvalue weighted by Gasteiger charge is -2.36. The summed E-state index contributed by atoms with van der Waals surface area (Å²) in [6.07, 6.45) is 0. The number of benzene rings is 2. The number of nitrogens with zero attached hydrogens (tertiary/aromatic N) is 4. The lowest BCUT2D eigenvalue weighted by Crippen LogP contribution is -2.49. The Morgan fingerprint density at radius 3 is 2.59 bits per heavy atom. The van der Waals surface area contributed by atoms with Crippen LogP contribution in [0, 0.1) is 0 Å². The highest BCUT2D eigenvalue weighted by molar-refractivity contribution is 7.99. The van der Waals surface area contributed by atoms with Crippen molar-refractivity contribution in [1.82, 2.24) is 15.1 Å². The van der Waals surface area contributed by atoms with Crippen molar-refractivity contribution in [3.05, 3.63) is 42.5 Å². The van der Waals surface area contributed by atoms with Gasteiger partial charge in [0.15, 0.2) is 11.5 Å². The van der Waals surface area contributed by atoms with Gasteiger partial charge in [-0.15, -0.1) is 10.2 Å². The van der Waals surface area contributed by atoms with E-state index in [0.29, 0.717) is 35.7 Å². The second-order valence-electron chi connectivity index (χ2n) is 7.30. The van der Waals surface area contributed by atoms with Gasteiger partial charge in [0.2, 0.25) is 18.6 Å². The van der Waals surface area contributed by atoms with Gasteiger partial charge in [0, 0.05) is 37.4 Å². The zero-order chi connectivity index (χ0) is 21.9. The van der Waals surface area contributed by atoms with Crippen molar-refractivity contribution < 1.29 is 23.4 Å². The van der Waals surface area contributed by atoms with Crippen molar-refractivity contribution >= 4 is 23.4 Å². The molecule has 0 bridgehead atoms. The van der Waals surface area contributed by atoms with Crippen LogP contribution in [-0.4, -0.2) is 66.8 Å². The SMILES string of the molecule is COc1ccc(N2CCN(C(=O)CSc3nnc(-c4ccc5c(c4)OCO5)o3)CC2)cc1. The number of anilines is 1. The number of rotatable bonds is 6. The Labute approximate surface area is 189 Å². The summed E-state index contributed by atoms with van der Waals surface area (Å²) >= 11 is 1.25. The number of thioether (sulfide) groups is 1. The molecular weight excluding hydrogens is 432 g/mol. The number of carbonyl (C=O) groups is 1. The maximum atomic E-state index is 12.7. The van der Waals surface area contributed by atoms with E-state index in [1.807, 2.05) is 41.3 Å². The molecule has 0 N–H and O–H groups in total. The third-order valence-electron chi connectivity index (χ3n) is 5.42. The number of fused-ring (bicyclic) bond motifs is 1. The van der Waals surface area contributed by atoms with Crippen LogP contribution in [0.15, 0.2) is 52.1 Å². The number of methoxy groups -OCH3 is 1. The van der Waals surface area contributed by atoms with Crippen molar-refractivity contribution in [2.24, 2.45) is 0 Å². The van der Waals surface area contributed by atoms with Crippen molar-refractivity contribution in [3.63, 3.8) is 0 Å². The lowest BCUT2D eigenvalue weighted by molar-refractivity contribution is -0.128. The minimum atomic E-state index is 0.0622. The molecule has 3 heterocycles. The molecule has 2 aliphatic rings. The summed E-state index contributed by atoms with van der Waals surface area (Å²) in [5, 5.41) is 8.50. The molecule has 0 atom stereocenters. The van der Waals surface area contributed by atoms with Crippen molar-refractivity contribution in [2.75, 3.05) is 50.7 Å². The zero-order valence-corrected chi connectivity index (χ0v) is 18.3. The van der Waals surface area contributed by atoms with E-state index in [4.69, 9.17) is 18.6 Å². The average molecular weight is 455 g/mol. The fraction of sp³-hybridized carbons (Fsp3) is 0.318. The van der Waals surface area contributed by atoms with E-state index in [-0.39, 0.29) is 18.5 Å². The van der Waals surface area contributed by atoms with E-state index in [1.165, 1.54) is 11.8 Å². The van der Waals surface area contributed by atoms with Crippen LogP contribution in [0.2, 0.25) is 0 Å². The first kappa shape index (κ1) is 20.5. The summed E-state index contributed by atoms with van der Waals surface area (Å²) in [7, 11) is 1.66. The Bertz CT molecular complexity index is 1100. The van der Waals surface area contributed by atoms with E-state index in [2.05, 4.69) is 15.1 Å². The second kappa shape index (κ2) is 8.99.